The number of carbonyl (C=O) groups is 1. The van der Waals surface area contributed by atoms with Crippen LogP contribution in [-0.4, -0.2) is 54.9 Å². The second-order valence-corrected chi connectivity index (χ2v) is 11.1. The SMILES string of the molecule is CC[C@@H](C)CN1C(=O)[C@H](C(C)C)NC12CCN(S(=O)(=O)c1ccc(Cl)cc1)CC2. The molecule has 0 radical (unpaired) electrons. The predicted molar refractivity (Wildman–Crippen MR) is 115 cm³/mol. The van der Waals surface area contributed by atoms with Gasteiger partial charge >= 0.3 is 0 Å². The summed E-state index contributed by atoms with van der Waals surface area (Å²) in [5.41, 5.74) is -0.457. The van der Waals surface area contributed by atoms with Crippen LogP contribution in [0.5, 0.6) is 0 Å². The Morgan fingerprint density at radius 3 is 2.28 bits per heavy atom. The van der Waals surface area contributed by atoms with Crippen molar-refractivity contribution < 1.29 is 13.2 Å². The fourth-order valence-corrected chi connectivity index (χ4v) is 5.80. The Morgan fingerprint density at radius 2 is 1.76 bits per heavy atom. The molecule has 2 saturated heterocycles. The van der Waals surface area contributed by atoms with Crippen LogP contribution in [0.25, 0.3) is 0 Å². The number of nitrogens with one attached hydrogen (secondary N) is 1. The number of hydrogen-bond acceptors (Lipinski definition) is 4. The summed E-state index contributed by atoms with van der Waals surface area (Å²) in [6.45, 7) is 9.86. The highest BCUT2D eigenvalue weighted by Crippen LogP contribution is 2.36. The Bertz CT molecular complexity index is 833. The predicted octanol–water partition coefficient (Wildman–Crippen LogP) is 3.32. The third-order valence-electron chi connectivity index (χ3n) is 6.33. The molecule has 162 valence electrons. The molecular formula is C21H32ClN3O3S. The van der Waals surface area contributed by atoms with Crippen LogP contribution in [0.2, 0.25) is 5.02 Å². The lowest BCUT2D eigenvalue weighted by molar-refractivity contribution is -0.134. The molecule has 0 aromatic heterocycles. The van der Waals surface area contributed by atoms with Gasteiger partial charge < -0.3 is 4.90 Å². The first-order valence-electron chi connectivity index (χ1n) is 10.5. The summed E-state index contributed by atoms with van der Waals surface area (Å²) in [4.78, 5) is 15.4. The highest BCUT2D eigenvalue weighted by atomic mass is 35.5. The van der Waals surface area contributed by atoms with Crippen molar-refractivity contribution in [2.45, 2.75) is 63.6 Å². The van der Waals surface area contributed by atoms with E-state index in [4.69, 9.17) is 11.6 Å². The molecule has 2 fully saturated rings. The number of halogens is 1. The van der Waals surface area contributed by atoms with Gasteiger partial charge in [0.05, 0.1) is 16.6 Å². The second-order valence-electron chi connectivity index (χ2n) is 8.72. The maximum absolute atomic E-state index is 13.1. The van der Waals surface area contributed by atoms with E-state index < -0.39 is 15.7 Å². The molecule has 2 heterocycles. The zero-order valence-electron chi connectivity index (χ0n) is 17.7. The molecule has 6 nitrogen and oxygen atoms in total. The first kappa shape index (κ1) is 22.5. The molecule has 29 heavy (non-hydrogen) atoms. The summed E-state index contributed by atoms with van der Waals surface area (Å²) >= 11 is 5.90. The van der Waals surface area contributed by atoms with Gasteiger partial charge in [0, 0.05) is 24.7 Å². The van der Waals surface area contributed by atoms with E-state index >= 15 is 0 Å². The lowest BCUT2D eigenvalue weighted by Crippen LogP contribution is -2.60. The Labute approximate surface area is 179 Å². The quantitative estimate of drug-likeness (QED) is 0.735. The summed E-state index contributed by atoms with van der Waals surface area (Å²) in [6, 6.07) is 6.07. The van der Waals surface area contributed by atoms with E-state index in [-0.39, 0.29) is 22.8 Å². The Morgan fingerprint density at radius 1 is 1.17 bits per heavy atom. The van der Waals surface area contributed by atoms with Gasteiger partial charge in [-0.25, -0.2) is 8.42 Å². The Hall–Kier alpha value is -1.15. The molecule has 1 aromatic rings. The number of benzene rings is 1. The highest BCUT2D eigenvalue weighted by molar-refractivity contribution is 7.89. The maximum atomic E-state index is 13.1. The molecule has 2 atom stereocenters. The van der Waals surface area contributed by atoms with Gasteiger partial charge in [-0.15, -0.1) is 0 Å². The summed E-state index contributed by atoms with van der Waals surface area (Å²) in [6.07, 6.45) is 2.18. The van der Waals surface area contributed by atoms with Crippen molar-refractivity contribution in [3.05, 3.63) is 29.3 Å². The molecule has 3 rings (SSSR count). The van der Waals surface area contributed by atoms with Crippen LogP contribution in [0.4, 0.5) is 0 Å². The maximum Gasteiger partial charge on any atom is 0.243 e. The van der Waals surface area contributed by atoms with Gasteiger partial charge in [-0.2, -0.15) is 4.31 Å². The normalized spacial score (nSPS) is 23.9. The third kappa shape index (κ3) is 4.33. The molecule has 0 unspecified atom stereocenters. The van der Waals surface area contributed by atoms with Crippen LogP contribution in [-0.2, 0) is 14.8 Å². The fourth-order valence-electron chi connectivity index (χ4n) is 4.23. The standard InChI is InChI=1S/C21H32ClN3O3S/c1-5-16(4)14-25-20(26)19(15(2)3)23-21(25)10-12-24(13-11-21)29(27,28)18-8-6-17(22)7-9-18/h6-9,15-16,19,23H,5,10-14H2,1-4H3/t16-,19+/m1/s1. The Balaban J connectivity index is 1.80. The molecule has 1 amide bonds. The van der Waals surface area contributed by atoms with Crippen molar-refractivity contribution in [1.29, 1.82) is 0 Å². The first-order valence-corrected chi connectivity index (χ1v) is 12.3. The van der Waals surface area contributed by atoms with E-state index in [0.717, 1.165) is 6.42 Å². The van der Waals surface area contributed by atoms with Gasteiger partial charge in [-0.1, -0.05) is 45.7 Å². The molecule has 1 aromatic carbocycles. The van der Waals surface area contributed by atoms with Crippen molar-refractivity contribution >= 4 is 27.5 Å². The van der Waals surface area contributed by atoms with Gasteiger partial charge in [-0.3, -0.25) is 10.1 Å². The number of amides is 1. The molecule has 0 aliphatic carbocycles. The number of rotatable bonds is 6. The van der Waals surface area contributed by atoms with Gasteiger partial charge in [0.15, 0.2) is 0 Å². The second kappa shape index (κ2) is 8.53. The first-order chi connectivity index (χ1) is 13.6. The van der Waals surface area contributed by atoms with Gasteiger partial charge in [0.25, 0.3) is 0 Å². The smallest absolute Gasteiger partial charge is 0.243 e. The Kier molecular flexibility index (Phi) is 6.63. The number of piperidine rings is 1. The van der Waals surface area contributed by atoms with Gasteiger partial charge in [-0.05, 0) is 48.9 Å². The van der Waals surface area contributed by atoms with Crippen molar-refractivity contribution in [2.75, 3.05) is 19.6 Å². The molecule has 0 saturated carbocycles. The molecule has 2 aliphatic heterocycles. The minimum atomic E-state index is -3.57. The monoisotopic (exact) mass is 441 g/mol. The summed E-state index contributed by atoms with van der Waals surface area (Å²) in [5.74, 6) is 0.741. The van der Waals surface area contributed by atoms with Crippen molar-refractivity contribution in [2.24, 2.45) is 11.8 Å². The van der Waals surface area contributed by atoms with Crippen LogP contribution in [0.3, 0.4) is 0 Å². The highest BCUT2D eigenvalue weighted by Gasteiger charge is 2.53. The molecule has 8 heteroatoms. The third-order valence-corrected chi connectivity index (χ3v) is 8.50. The summed E-state index contributed by atoms with van der Waals surface area (Å²) in [7, 11) is -3.57. The summed E-state index contributed by atoms with van der Waals surface area (Å²) in [5, 5.41) is 4.10. The zero-order valence-corrected chi connectivity index (χ0v) is 19.3. The van der Waals surface area contributed by atoms with Gasteiger partial charge in [0.1, 0.15) is 0 Å². The number of sulfonamides is 1. The van der Waals surface area contributed by atoms with E-state index in [9.17, 15) is 13.2 Å². The van der Waals surface area contributed by atoms with Crippen LogP contribution in [0.15, 0.2) is 29.2 Å². The van der Waals surface area contributed by atoms with Crippen molar-refractivity contribution in [3.63, 3.8) is 0 Å². The number of carbonyl (C=O) groups excluding carboxylic acids is 1. The van der Waals surface area contributed by atoms with E-state index in [1.165, 1.54) is 4.31 Å². The molecule has 2 aliphatic rings. The van der Waals surface area contributed by atoms with E-state index in [2.05, 4.69) is 33.0 Å². The van der Waals surface area contributed by atoms with Crippen LogP contribution in [0, 0.1) is 11.8 Å². The lowest BCUT2D eigenvalue weighted by Gasteiger charge is -2.45. The van der Waals surface area contributed by atoms with Crippen LogP contribution >= 0.6 is 11.6 Å². The topological polar surface area (TPSA) is 69.7 Å². The van der Waals surface area contributed by atoms with E-state index in [1.807, 2.05) is 4.90 Å². The van der Waals surface area contributed by atoms with Crippen LogP contribution < -0.4 is 5.32 Å². The van der Waals surface area contributed by atoms with Crippen molar-refractivity contribution in [1.82, 2.24) is 14.5 Å². The molecule has 1 N–H and O–H groups in total. The minimum absolute atomic E-state index is 0.148. The van der Waals surface area contributed by atoms with E-state index in [0.29, 0.717) is 43.4 Å². The molecular weight excluding hydrogens is 410 g/mol. The van der Waals surface area contributed by atoms with Crippen molar-refractivity contribution in [3.8, 4) is 0 Å². The minimum Gasteiger partial charge on any atom is -0.323 e. The molecule has 0 bridgehead atoms. The molecule has 1 spiro atoms. The number of hydrogen-bond donors (Lipinski definition) is 1. The average Bonchev–Trinajstić information content (AvgIpc) is 2.95. The zero-order chi connectivity index (χ0) is 21.4. The fraction of sp³-hybridized carbons (Fsp3) is 0.667. The largest absolute Gasteiger partial charge is 0.323 e. The number of nitrogens with zero attached hydrogens (tertiary/aromatic N) is 2. The lowest BCUT2D eigenvalue weighted by atomic mass is 9.95. The van der Waals surface area contributed by atoms with Crippen LogP contribution in [0.1, 0.15) is 47.0 Å². The van der Waals surface area contributed by atoms with Gasteiger partial charge in [0.2, 0.25) is 15.9 Å². The van der Waals surface area contributed by atoms with E-state index in [1.54, 1.807) is 24.3 Å². The summed E-state index contributed by atoms with van der Waals surface area (Å²) < 4.78 is 27.6. The average molecular weight is 442 g/mol.